The molecule has 0 bridgehead atoms. The Hall–Kier alpha value is -3.33. The van der Waals surface area contributed by atoms with Crippen LogP contribution in [0.25, 0.3) is 0 Å². The number of carbonyl (C=O) groups excluding carboxylic acids is 2. The second-order valence-corrected chi connectivity index (χ2v) is 15.3. The first-order chi connectivity index (χ1) is 20.5. The van der Waals surface area contributed by atoms with Gasteiger partial charge in [-0.1, -0.05) is 0 Å². The molecule has 222 valence electrons. The summed E-state index contributed by atoms with van der Waals surface area (Å²) in [6, 6.07) is 33.4. The number of Topliss-reactive ketones (excluding diaryl/α,β-unsaturated/α-hetero) is 2. The zero-order valence-electron chi connectivity index (χ0n) is 25.1. The van der Waals surface area contributed by atoms with Crippen molar-refractivity contribution >= 4 is 34.7 Å². The molecule has 1 N–H and O–H groups in total. The Kier molecular flexibility index (Phi) is 11.9. The van der Waals surface area contributed by atoms with E-state index in [0.717, 1.165) is 19.3 Å². The summed E-state index contributed by atoms with van der Waals surface area (Å²) in [5.41, 5.74) is 1.06. The molecule has 0 saturated heterocycles. The van der Waals surface area contributed by atoms with Crippen LogP contribution in [0.5, 0.6) is 0 Å². The number of aliphatic hydroxyl groups excluding tert-OH is 1. The summed E-state index contributed by atoms with van der Waals surface area (Å²) >= 11 is 0. The van der Waals surface area contributed by atoms with Gasteiger partial charge in [0.05, 0.1) is 19.3 Å². The Balaban J connectivity index is 1.27. The van der Waals surface area contributed by atoms with Crippen LogP contribution in [0.1, 0.15) is 64.7 Å². The fraction of sp³-hybridized carbons (Fsp3) is 0.351. The van der Waals surface area contributed by atoms with Gasteiger partial charge in [0.2, 0.25) is 0 Å². The zero-order chi connectivity index (χ0) is 29.8. The number of hydrogen-bond acceptors (Lipinski definition) is 4. The van der Waals surface area contributed by atoms with E-state index in [-0.39, 0.29) is 22.9 Å². The van der Waals surface area contributed by atoms with E-state index in [1.54, 1.807) is 6.92 Å². The standard InChI is InChI=1S/C37H45O4P/c1-29-33(36(40)37(41-2)34(28-38)35(29)39)26-18-7-5-3-4-6-8-19-27-42(30-20-12-9-13-21-30,31-22-14-10-15-23-31)32-24-16-11-17-25-32/h9-17,20-25,38,42H,3-8,18-19,26-28H2,1-2H3. The molecule has 4 nitrogen and oxygen atoms in total. The Morgan fingerprint density at radius 2 is 1.02 bits per heavy atom. The summed E-state index contributed by atoms with van der Waals surface area (Å²) in [5.74, 6) is -0.524. The van der Waals surface area contributed by atoms with Crippen LogP contribution >= 0.6 is 7.26 Å². The molecule has 3 aromatic carbocycles. The molecular weight excluding hydrogens is 539 g/mol. The van der Waals surface area contributed by atoms with E-state index in [0.29, 0.717) is 17.6 Å². The molecule has 4 rings (SSSR count). The molecule has 0 spiro atoms. The van der Waals surface area contributed by atoms with Gasteiger partial charge >= 0.3 is 195 Å². The van der Waals surface area contributed by atoms with Crippen LogP contribution < -0.4 is 15.9 Å². The SMILES string of the molecule is COC1=C(CO)C(=O)C(C)=C(CCCCCCCCCC[PH](c2ccccc2)(c2ccccc2)c2ccccc2)C1=O. The van der Waals surface area contributed by atoms with Crippen LogP contribution in [0.3, 0.4) is 0 Å². The predicted octanol–water partition coefficient (Wildman–Crippen LogP) is 6.58. The molecule has 0 unspecified atom stereocenters. The van der Waals surface area contributed by atoms with Gasteiger partial charge in [-0.15, -0.1) is 0 Å². The van der Waals surface area contributed by atoms with Gasteiger partial charge in [-0.25, -0.2) is 0 Å². The van der Waals surface area contributed by atoms with Crippen LogP contribution in [-0.2, 0) is 14.3 Å². The summed E-state index contributed by atoms with van der Waals surface area (Å²) in [5, 5.41) is 13.9. The minimum atomic E-state index is -2.14. The van der Waals surface area contributed by atoms with Crippen molar-refractivity contribution in [3.63, 3.8) is 0 Å². The molecule has 0 fully saturated rings. The van der Waals surface area contributed by atoms with Crippen LogP contribution in [0.4, 0.5) is 0 Å². The van der Waals surface area contributed by atoms with Crippen molar-refractivity contribution in [1.29, 1.82) is 0 Å². The summed E-state index contributed by atoms with van der Waals surface area (Å²) < 4.78 is 5.16. The van der Waals surface area contributed by atoms with Gasteiger partial charge in [0.15, 0.2) is 11.5 Å². The molecule has 3 aromatic rings. The van der Waals surface area contributed by atoms with E-state index in [4.69, 9.17) is 4.74 Å². The Morgan fingerprint density at radius 3 is 1.45 bits per heavy atom. The van der Waals surface area contributed by atoms with Crippen LogP contribution in [0.15, 0.2) is 113 Å². The third-order valence-electron chi connectivity index (χ3n) is 8.71. The zero-order valence-corrected chi connectivity index (χ0v) is 26.1. The van der Waals surface area contributed by atoms with Crippen molar-refractivity contribution in [2.45, 2.75) is 64.7 Å². The normalized spacial score (nSPS) is 14.5. The third-order valence-corrected chi connectivity index (χ3v) is 13.8. The summed E-state index contributed by atoms with van der Waals surface area (Å²) in [7, 11) is -0.763. The number of rotatable bonds is 16. The molecule has 0 amide bonds. The average molecular weight is 585 g/mol. The number of ketones is 2. The van der Waals surface area contributed by atoms with Crippen molar-refractivity contribution in [1.82, 2.24) is 0 Å². The summed E-state index contributed by atoms with van der Waals surface area (Å²) in [6.07, 6.45) is 10.9. The topological polar surface area (TPSA) is 63.6 Å². The fourth-order valence-electron chi connectivity index (χ4n) is 6.43. The first-order valence-electron chi connectivity index (χ1n) is 15.4. The number of hydrogen-bond donors (Lipinski definition) is 1. The second kappa shape index (κ2) is 15.8. The van der Waals surface area contributed by atoms with Gasteiger partial charge in [0.1, 0.15) is 0 Å². The Morgan fingerprint density at radius 1 is 0.595 bits per heavy atom. The molecule has 0 saturated carbocycles. The number of aliphatic hydroxyl groups is 1. The van der Waals surface area contributed by atoms with Crippen LogP contribution in [-0.4, -0.2) is 36.6 Å². The number of unbranched alkanes of at least 4 members (excludes halogenated alkanes) is 7. The van der Waals surface area contributed by atoms with Gasteiger partial charge in [-0.05, 0) is 6.92 Å². The second-order valence-electron chi connectivity index (χ2n) is 11.3. The van der Waals surface area contributed by atoms with Gasteiger partial charge in [-0.2, -0.15) is 0 Å². The van der Waals surface area contributed by atoms with E-state index < -0.39 is 13.9 Å². The van der Waals surface area contributed by atoms with Crippen molar-refractivity contribution < 1.29 is 19.4 Å². The van der Waals surface area contributed by atoms with Crippen molar-refractivity contribution in [2.75, 3.05) is 19.9 Å². The minimum absolute atomic E-state index is 0.00183. The molecule has 0 atom stereocenters. The predicted molar refractivity (Wildman–Crippen MR) is 177 cm³/mol. The third kappa shape index (κ3) is 7.17. The van der Waals surface area contributed by atoms with E-state index in [2.05, 4.69) is 91.0 Å². The van der Waals surface area contributed by atoms with Gasteiger partial charge in [0, 0.05) is 0 Å². The van der Waals surface area contributed by atoms with Crippen molar-refractivity contribution in [3.05, 3.63) is 113 Å². The maximum atomic E-state index is 12.8. The van der Waals surface area contributed by atoms with Crippen molar-refractivity contribution in [2.24, 2.45) is 0 Å². The number of allylic oxidation sites excluding steroid dienone is 2. The quantitative estimate of drug-likeness (QED) is 0.117. The summed E-state index contributed by atoms with van der Waals surface area (Å²) in [4.78, 5) is 25.3. The number of ether oxygens (including phenoxy) is 1. The van der Waals surface area contributed by atoms with E-state index in [1.807, 2.05) is 0 Å². The molecule has 1 aliphatic rings. The van der Waals surface area contributed by atoms with Crippen LogP contribution in [0.2, 0.25) is 0 Å². The van der Waals surface area contributed by atoms with Crippen molar-refractivity contribution in [3.8, 4) is 0 Å². The Labute approximate surface area is 251 Å². The molecule has 0 aromatic heterocycles. The molecule has 0 heterocycles. The number of benzene rings is 3. The molecule has 0 radical (unpaired) electrons. The fourth-order valence-corrected chi connectivity index (χ4v) is 11.4. The maximum absolute atomic E-state index is 12.8. The molecule has 1 aliphatic carbocycles. The van der Waals surface area contributed by atoms with E-state index in [1.165, 1.54) is 61.3 Å². The van der Waals surface area contributed by atoms with Gasteiger partial charge in [0.25, 0.3) is 0 Å². The minimum Gasteiger partial charge on any atom is -0.285 e. The molecule has 0 aliphatic heterocycles. The molecule has 5 heteroatoms. The Bertz CT molecular complexity index is 1280. The summed E-state index contributed by atoms with van der Waals surface area (Å²) in [6.45, 7) is 1.20. The van der Waals surface area contributed by atoms with Gasteiger partial charge < -0.3 is 9.84 Å². The van der Waals surface area contributed by atoms with E-state index in [9.17, 15) is 14.7 Å². The molecular formula is C37H45O4P. The average Bonchev–Trinajstić information content (AvgIpc) is 3.04. The van der Waals surface area contributed by atoms with Gasteiger partial charge in [-0.3, -0.25) is 9.59 Å². The monoisotopic (exact) mass is 584 g/mol. The number of carbonyl (C=O) groups is 2. The smallest absolute Gasteiger partial charge is 0.285 e. The first kappa shape index (κ1) is 31.6. The number of methoxy groups -OCH3 is 1. The molecule has 42 heavy (non-hydrogen) atoms. The first-order valence-corrected chi connectivity index (χ1v) is 17.6. The van der Waals surface area contributed by atoms with E-state index >= 15 is 0 Å². The van der Waals surface area contributed by atoms with Crippen LogP contribution in [0, 0.1) is 0 Å².